The molecule has 2 aromatic rings. The van der Waals surface area contributed by atoms with E-state index in [9.17, 15) is 14.0 Å². The van der Waals surface area contributed by atoms with Gasteiger partial charge in [0.15, 0.2) is 0 Å². The van der Waals surface area contributed by atoms with Gasteiger partial charge >= 0.3 is 0 Å². The summed E-state index contributed by atoms with van der Waals surface area (Å²) >= 11 is 0. The van der Waals surface area contributed by atoms with E-state index in [1.165, 1.54) is 12.1 Å². The van der Waals surface area contributed by atoms with Gasteiger partial charge in [0.1, 0.15) is 5.82 Å². The third-order valence-electron chi connectivity index (χ3n) is 3.54. The van der Waals surface area contributed by atoms with E-state index in [-0.39, 0.29) is 24.2 Å². The number of carbonyl (C=O) groups is 2. The van der Waals surface area contributed by atoms with E-state index in [1.807, 2.05) is 0 Å². The van der Waals surface area contributed by atoms with Crippen LogP contribution < -0.4 is 16.0 Å². The van der Waals surface area contributed by atoms with Crippen molar-refractivity contribution in [3.05, 3.63) is 59.9 Å². The van der Waals surface area contributed by atoms with Gasteiger partial charge in [0.05, 0.1) is 6.54 Å². The molecule has 0 atom stereocenters. The largest absolute Gasteiger partial charge is 0.376 e. The SMILES string of the molecule is CCCCNC(=O)c1ccc(NC(=O)CNc2ccc(F)cc2)cc1. The zero-order valence-corrected chi connectivity index (χ0v) is 14.1. The lowest BCUT2D eigenvalue weighted by molar-refractivity contribution is -0.114. The van der Waals surface area contributed by atoms with E-state index in [0.717, 1.165) is 12.8 Å². The van der Waals surface area contributed by atoms with Gasteiger partial charge in [-0.3, -0.25) is 9.59 Å². The summed E-state index contributed by atoms with van der Waals surface area (Å²) in [6.07, 6.45) is 1.97. The smallest absolute Gasteiger partial charge is 0.251 e. The molecule has 5 nitrogen and oxygen atoms in total. The van der Waals surface area contributed by atoms with Crippen LogP contribution in [0.3, 0.4) is 0 Å². The first-order chi connectivity index (χ1) is 12.1. The second-order valence-electron chi connectivity index (χ2n) is 5.60. The fourth-order valence-electron chi connectivity index (χ4n) is 2.14. The Labute approximate surface area is 146 Å². The summed E-state index contributed by atoms with van der Waals surface area (Å²) in [6, 6.07) is 12.5. The van der Waals surface area contributed by atoms with E-state index in [4.69, 9.17) is 0 Å². The van der Waals surface area contributed by atoms with Crippen LogP contribution >= 0.6 is 0 Å². The van der Waals surface area contributed by atoms with Gasteiger partial charge in [0.25, 0.3) is 5.91 Å². The van der Waals surface area contributed by atoms with Gasteiger partial charge in [-0.2, -0.15) is 0 Å². The van der Waals surface area contributed by atoms with Gasteiger partial charge in [-0.05, 0) is 55.0 Å². The number of unbranched alkanes of at least 4 members (excludes halogenated alkanes) is 1. The minimum absolute atomic E-state index is 0.0604. The van der Waals surface area contributed by atoms with Gasteiger partial charge in [0, 0.05) is 23.5 Å². The highest BCUT2D eigenvalue weighted by Gasteiger charge is 2.06. The predicted octanol–water partition coefficient (Wildman–Crippen LogP) is 3.41. The molecule has 0 heterocycles. The number of rotatable bonds is 8. The zero-order chi connectivity index (χ0) is 18.1. The van der Waals surface area contributed by atoms with Gasteiger partial charge in [-0.25, -0.2) is 4.39 Å². The first kappa shape index (κ1) is 18.4. The maximum Gasteiger partial charge on any atom is 0.251 e. The number of benzene rings is 2. The highest BCUT2D eigenvalue weighted by molar-refractivity contribution is 5.96. The average molecular weight is 343 g/mol. The van der Waals surface area contributed by atoms with E-state index >= 15 is 0 Å². The van der Waals surface area contributed by atoms with Crippen molar-refractivity contribution in [3.63, 3.8) is 0 Å². The quantitative estimate of drug-likeness (QED) is 0.643. The topological polar surface area (TPSA) is 70.2 Å². The summed E-state index contributed by atoms with van der Waals surface area (Å²) < 4.78 is 12.8. The monoisotopic (exact) mass is 343 g/mol. The number of anilines is 2. The second kappa shape index (κ2) is 9.42. The molecule has 0 saturated heterocycles. The molecule has 3 N–H and O–H groups in total. The Bertz CT molecular complexity index is 700. The Balaban J connectivity index is 1.80. The minimum atomic E-state index is -0.325. The molecule has 0 unspecified atom stereocenters. The number of amides is 2. The van der Waals surface area contributed by atoms with Crippen molar-refractivity contribution < 1.29 is 14.0 Å². The van der Waals surface area contributed by atoms with Crippen molar-refractivity contribution in [2.75, 3.05) is 23.7 Å². The lowest BCUT2D eigenvalue weighted by atomic mass is 10.2. The van der Waals surface area contributed by atoms with Crippen molar-refractivity contribution >= 4 is 23.2 Å². The lowest BCUT2D eigenvalue weighted by Gasteiger charge is -2.09. The molecule has 0 aliphatic carbocycles. The minimum Gasteiger partial charge on any atom is -0.376 e. The Morgan fingerprint density at radius 1 is 0.960 bits per heavy atom. The van der Waals surface area contributed by atoms with Gasteiger partial charge in [-0.15, -0.1) is 0 Å². The molecule has 132 valence electrons. The number of carbonyl (C=O) groups excluding carboxylic acids is 2. The molecule has 0 saturated carbocycles. The van der Waals surface area contributed by atoms with Gasteiger partial charge in [-0.1, -0.05) is 13.3 Å². The third-order valence-corrected chi connectivity index (χ3v) is 3.54. The molecule has 2 aromatic carbocycles. The number of hydrogen-bond donors (Lipinski definition) is 3. The molecule has 0 fully saturated rings. The molecule has 6 heteroatoms. The number of halogens is 1. The van der Waals surface area contributed by atoms with Crippen molar-refractivity contribution in [2.24, 2.45) is 0 Å². The fraction of sp³-hybridized carbons (Fsp3) is 0.263. The van der Waals surface area contributed by atoms with Crippen molar-refractivity contribution in [1.29, 1.82) is 0 Å². The van der Waals surface area contributed by atoms with Crippen LogP contribution in [0.1, 0.15) is 30.1 Å². The summed E-state index contributed by atoms with van der Waals surface area (Å²) in [5.74, 6) is -0.678. The van der Waals surface area contributed by atoms with E-state index < -0.39 is 0 Å². The second-order valence-corrected chi connectivity index (χ2v) is 5.60. The Kier molecular flexibility index (Phi) is 6.95. The van der Waals surface area contributed by atoms with Crippen molar-refractivity contribution in [1.82, 2.24) is 5.32 Å². The van der Waals surface area contributed by atoms with Crippen LogP contribution in [0.5, 0.6) is 0 Å². The molecule has 0 bridgehead atoms. The molecule has 25 heavy (non-hydrogen) atoms. The third kappa shape index (κ3) is 6.25. The van der Waals surface area contributed by atoms with Gasteiger partial charge < -0.3 is 16.0 Å². The molecule has 2 amide bonds. The summed E-state index contributed by atoms with van der Waals surface area (Å²) in [6.45, 7) is 2.78. The van der Waals surface area contributed by atoms with E-state index in [1.54, 1.807) is 36.4 Å². The van der Waals surface area contributed by atoms with Crippen molar-refractivity contribution in [3.8, 4) is 0 Å². The maximum absolute atomic E-state index is 12.8. The van der Waals surface area contributed by atoms with Crippen LogP contribution in [0.15, 0.2) is 48.5 Å². The summed E-state index contributed by atoms with van der Waals surface area (Å²) in [4.78, 5) is 23.8. The van der Waals surface area contributed by atoms with Crippen LogP contribution in [0.25, 0.3) is 0 Å². The molecule has 2 rings (SSSR count). The summed E-state index contributed by atoms with van der Waals surface area (Å²) in [7, 11) is 0. The van der Waals surface area contributed by atoms with E-state index in [0.29, 0.717) is 23.5 Å². The Hall–Kier alpha value is -2.89. The molecule has 0 aliphatic rings. The maximum atomic E-state index is 12.8. The lowest BCUT2D eigenvalue weighted by Crippen LogP contribution is -2.24. The van der Waals surface area contributed by atoms with Crippen LogP contribution in [-0.4, -0.2) is 24.9 Å². The summed E-state index contributed by atoms with van der Waals surface area (Å²) in [5, 5.41) is 8.48. The average Bonchev–Trinajstić information content (AvgIpc) is 2.62. The van der Waals surface area contributed by atoms with Crippen LogP contribution in [0.2, 0.25) is 0 Å². The molecular formula is C19H22FN3O2. The van der Waals surface area contributed by atoms with Gasteiger partial charge in [0.2, 0.25) is 5.91 Å². The molecule has 0 aliphatic heterocycles. The molecule has 0 aromatic heterocycles. The summed E-state index contributed by atoms with van der Waals surface area (Å²) in [5.41, 5.74) is 1.82. The molecular weight excluding hydrogens is 321 g/mol. The Morgan fingerprint density at radius 3 is 2.24 bits per heavy atom. The van der Waals surface area contributed by atoms with Crippen molar-refractivity contribution in [2.45, 2.75) is 19.8 Å². The van der Waals surface area contributed by atoms with E-state index in [2.05, 4.69) is 22.9 Å². The highest BCUT2D eigenvalue weighted by Crippen LogP contribution is 2.11. The first-order valence-electron chi connectivity index (χ1n) is 8.26. The van der Waals surface area contributed by atoms with Crippen LogP contribution in [0, 0.1) is 5.82 Å². The first-order valence-corrected chi connectivity index (χ1v) is 8.26. The van der Waals surface area contributed by atoms with Crippen LogP contribution in [-0.2, 0) is 4.79 Å². The molecule has 0 radical (unpaired) electrons. The number of nitrogens with one attached hydrogen (secondary N) is 3. The van der Waals surface area contributed by atoms with Crippen LogP contribution in [0.4, 0.5) is 15.8 Å². The fourth-order valence-corrected chi connectivity index (χ4v) is 2.14. The molecule has 0 spiro atoms. The number of hydrogen-bond acceptors (Lipinski definition) is 3. The zero-order valence-electron chi connectivity index (χ0n) is 14.1. The highest BCUT2D eigenvalue weighted by atomic mass is 19.1. The Morgan fingerprint density at radius 2 is 1.60 bits per heavy atom. The normalized spacial score (nSPS) is 10.2. The standard InChI is InChI=1S/C19H22FN3O2/c1-2-3-12-21-19(25)14-4-8-17(9-5-14)23-18(24)13-22-16-10-6-15(20)7-11-16/h4-11,22H,2-3,12-13H2,1H3,(H,21,25)(H,23,24). The predicted molar refractivity (Wildman–Crippen MR) is 97.2 cm³/mol.